The third-order valence-electron chi connectivity index (χ3n) is 3.57. The van der Waals surface area contributed by atoms with Gasteiger partial charge in [-0.1, -0.05) is 39.5 Å². The van der Waals surface area contributed by atoms with Gasteiger partial charge in [-0.3, -0.25) is 4.79 Å². The van der Waals surface area contributed by atoms with Crippen LogP contribution in [0.15, 0.2) is 0 Å². The Balaban J connectivity index is 2.35. The van der Waals surface area contributed by atoms with E-state index in [1.807, 2.05) is 0 Å². The Labute approximate surface area is 98.7 Å². The maximum Gasteiger partial charge on any atom is 0.140 e. The minimum Gasteiger partial charge on any atom is -0.379 e. The number of hydrogen-bond donors (Lipinski definition) is 1. The summed E-state index contributed by atoms with van der Waals surface area (Å²) >= 11 is 0. The molecule has 2 N–H and O–H groups in total. The summed E-state index contributed by atoms with van der Waals surface area (Å²) in [5.74, 6) is 0.809. The fourth-order valence-corrected chi connectivity index (χ4v) is 2.28. The second-order valence-electron chi connectivity index (χ2n) is 4.89. The van der Waals surface area contributed by atoms with E-state index in [0.717, 1.165) is 6.42 Å². The van der Waals surface area contributed by atoms with Gasteiger partial charge in [0, 0.05) is 12.5 Å². The molecule has 1 fully saturated rings. The Morgan fingerprint density at radius 3 is 2.69 bits per heavy atom. The molecule has 0 aromatic rings. The Kier molecular flexibility index (Phi) is 5.99. The zero-order valence-corrected chi connectivity index (χ0v) is 10.6. The normalized spacial score (nSPS) is 26.9. The van der Waals surface area contributed by atoms with Crippen LogP contribution in [0.4, 0.5) is 0 Å². The highest BCUT2D eigenvalue weighted by Crippen LogP contribution is 2.22. The summed E-state index contributed by atoms with van der Waals surface area (Å²) in [5, 5.41) is 0. The van der Waals surface area contributed by atoms with Gasteiger partial charge in [-0.2, -0.15) is 0 Å². The summed E-state index contributed by atoms with van der Waals surface area (Å²) in [6.45, 7) is 5.43. The number of ether oxygens (including phenoxy) is 1. The molecule has 3 atom stereocenters. The van der Waals surface area contributed by atoms with Crippen LogP contribution in [-0.4, -0.2) is 25.0 Å². The maximum absolute atomic E-state index is 12.0. The van der Waals surface area contributed by atoms with Crippen molar-refractivity contribution in [3.8, 4) is 0 Å². The number of Topliss-reactive ketones (excluding diaryl/α,β-unsaturated/α-hetero) is 1. The lowest BCUT2D eigenvalue weighted by Crippen LogP contribution is -2.34. The Morgan fingerprint density at radius 1 is 1.44 bits per heavy atom. The highest BCUT2D eigenvalue weighted by atomic mass is 16.5. The van der Waals surface area contributed by atoms with Crippen LogP contribution in [0.2, 0.25) is 0 Å². The van der Waals surface area contributed by atoms with E-state index >= 15 is 0 Å². The van der Waals surface area contributed by atoms with Crippen molar-refractivity contribution < 1.29 is 9.53 Å². The topological polar surface area (TPSA) is 52.3 Å². The molecule has 0 bridgehead atoms. The van der Waals surface area contributed by atoms with Crippen LogP contribution >= 0.6 is 0 Å². The molecule has 1 heterocycles. The number of unbranched alkanes of at least 4 members (excludes halogenated alkanes) is 1. The zero-order valence-electron chi connectivity index (χ0n) is 10.6. The summed E-state index contributed by atoms with van der Waals surface area (Å²) in [4.78, 5) is 12.0. The lowest BCUT2D eigenvalue weighted by Gasteiger charge is -2.17. The number of nitrogens with two attached hydrogens (primary N) is 1. The quantitative estimate of drug-likeness (QED) is 0.725. The molecule has 0 spiro atoms. The summed E-state index contributed by atoms with van der Waals surface area (Å²) in [6, 6.07) is -0.0730. The molecule has 0 aromatic heterocycles. The van der Waals surface area contributed by atoms with Gasteiger partial charge in [-0.15, -0.1) is 0 Å². The van der Waals surface area contributed by atoms with Crippen molar-refractivity contribution in [1.82, 2.24) is 0 Å². The van der Waals surface area contributed by atoms with E-state index < -0.39 is 0 Å². The van der Waals surface area contributed by atoms with Gasteiger partial charge in [0.1, 0.15) is 5.78 Å². The van der Waals surface area contributed by atoms with Crippen LogP contribution in [-0.2, 0) is 9.53 Å². The average Bonchev–Trinajstić information content (AvgIpc) is 2.70. The van der Waals surface area contributed by atoms with E-state index in [-0.39, 0.29) is 12.0 Å². The second-order valence-corrected chi connectivity index (χ2v) is 4.89. The average molecular weight is 227 g/mol. The van der Waals surface area contributed by atoms with E-state index in [2.05, 4.69) is 13.8 Å². The van der Waals surface area contributed by atoms with Gasteiger partial charge in [0.05, 0.1) is 19.1 Å². The van der Waals surface area contributed by atoms with Crippen LogP contribution < -0.4 is 5.73 Å². The van der Waals surface area contributed by atoms with E-state index in [9.17, 15) is 4.79 Å². The molecular formula is C13H25NO2. The van der Waals surface area contributed by atoms with Crippen LogP contribution in [0.3, 0.4) is 0 Å². The fraction of sp³-hybridized carbons (Fsp3) is 0.923. The minimum absolute atomic E-state index is 0.0457. The summed E-state index contributed by atoms with van der Waals surface area (Å²) in [5.41, 5.74) is 5.85. The molecule has 1 aliphatic heterocycles. The third kappa shape index (κ3) is 3.87. The Hall–Kier alpha value is -0.410. The first-order chi connectivity index (χ1) is 7.69. The van der Waals surface area contributed by atoms with Crippen molar-refractivity contribution in [2.75, 3.05) is 13.2 Å². The number of carbonyl (C=O) groups excluding carboxylic acids is 1. The molecule has 3 unspecified atom stereocenters. The number of hydrogen-bond acceptors (Lipinski definition) is 3. The summed E-state index contributed by atoms with van der Waals surface area (Å²) < 4.78 is 5.24. The first-order valence-electron chi connectivity index (χ1n) is 6.55. The SMILES string of the molecule is CCCCC(CC)CC(=O)C1COCC1N. The molecule has 1 aliphatic rings. The molecular weight excluding hydrogens is 202 g/mol. The largest absolute Gasteiger partial charge is 0.379 e. The first-order valence-corrected chi connectivity index (χ1v) is 6.55. The van der Waals surface area contributed by atoms with Gasteiger partial charge in [0.2, 0.25) is 0 Å². The maximum atomic E-state index is 12.0. The molecule has 1 rings (SSSR count). The zero-order chi connectivity index (χ0) is 12.0. The molecule has 0 amide bonds. The first kappa shape index (κ1) is 13.7. The minimum atomic E-state index is -0.0730. The standard InChI is InChI=1S/C13H25NO2/c1-3-5-6-10(4-2)7-13(15)11-8-16-9-12(11)14/h10-12H,3-9,14H2,1-2H3. The van der Waals surface area contributed by atoms with Gasteiger partial charge < -0.3 is 10.5 Å². The lowest BCUT2D eigenvalue weighted by molar-refractivity contribution is -0.124. The molecule has 3 nitrogen and oxygen atoms in total. The van der Waals surface area contributed by atoms with Gasteiger partial charge in [-0.25, -0.2) is 0 Å². The number of carbonyl (C=O) groups is 1. The molecule has 0 aliphatic carbocycles. The van der Waals surface area contributed by atoms with Gasteiger partial charge >= 0.3 is 0 Å². The molecule has 0 saturated carbocycles. The van der Waals surface area contributed by atoms with Crippen molar-refractivity contribution in [2.24, 2.45) is 17.6 Å². The van der Waals surface area contributed by atoms with Crippen LogP contribution in [0.1, 0.15) is 46.0 Å². The molecule has 0 radical (unpaired) electrons. The smallest absolute Gasteiger partial charge is 0.140 e. The van der Waals surface area contributed by atoms with Gasteiger partial charge in [-0.05, 0) is 5.92 Å². The molecule has 1 saturated heterocycles. The molecule has 94 valence electrons. The molecule has 0 aromatic carbocycles. The monoisotopic (exact) mass is 227 g/mol. The summed E-state index contributed by atoms with van der Waals surface area (Å²) in [7, 11) is 0. The van der Waals surface area contributed by atoms with Crippen molar-refractivity contribution in [2.45, 2.75) is 52.0 Å². The van der Waals surface area contributed by atoms with Gasteiger partial charge in [0.15, 0.2) is 0 Å². The van der Waals surface area contributed by atoms with Crippen LogP contribution in [0.5, 0.6) is 0 Å². The van der Waals surface area contributed by atoms with Crippen LogP contribution in [0, 0.1) is 11.8 Å². The van der Waals surface area contributed by atoms with E-state index in [1.165, 1.54) is 19.3 Å². The van der Waals surface area contributed by atoms with Crippen molar-refractivity contribution in [1.29, 1.82) is 0 Å². The predicted octanol–water partition coefficient (Wildman–Crippen LogP) is 2.14. The molecule has 16 heavy (non-hydrogen) atoms. The Bertz CT molecular complexity index is 218. The summed E-state index contributed by atoms with van der Waals surface area (Å²) in [6.07, 6.45) is 5.38. The highest BCUT2D eigenvalue weighted by Gasteiger charge is 2.31. The number of rotatable bonds is 7. The second kappa shape index (κ2) is 7.02. The highest BCUT2D eigenvalue weighted by molar-refractivity contribution is 5.82. The fourth-order valence-electron chi connectivity index (χ4n) is 2.28. The lowest BCUT2D eigenvalue weighted by atomic mass is 9.88. The Morgan fingerprint density at radius 2 is 2.19 bits per heavy atom. The predicted molar refractivity (Wildman–Crippen MR) is 65.2 cm³/mol. The van der Waals surface area contributed by atoms with Crippen LogP contribution in [0.25, 0.3) is 0 Å². The van der Waals surface area contributed by atoms with Crippen molar-refractivity contribution in [3.05, 3.63) is 0 Å². The van der Waals surface area contributed by atoms with Gasteiger partial charge in [0.25, 0.3) is 0 Å². The van der Waals surface area contributed by atoms with Crippen molar-refractivity contribution in [3.63, 3.8) is 0 Å². The third-order valence-corrected chi connectivity index (χ3v) is 3.57. The van der Waals surface area contributed by atoms with Crippen molar-refractivity contribution >= 4 is 5.78 Å². The van der Waals surface area contributed by atoms with E-state index in [4.69, 9.17) is 10.5 Å². The molecule has 3 heteroatoms. The number of ketones is 1. The van der Waals surface area contributed by atoms with E-state index in [0.29, 0.717) is 31.3 Å². The van der Waals surface area contributed by atoms with E-state index in [1.54, 1.807) is 0 Å².